The molecule has 2 aromatic rings. The molecule has 0 radical (unpaired) electrons. The zero-order chi connectivity index (χ0) is 15.8. The van der Waals surface area contributed by atoms with Crippen LogP contribution >= 0.6 is 0 Å². The Morgan fingerprint density at radius 2 is 1.91 bits per heavy atom. The van der Waals surface area contributed by atoms with Gasteiger partial charge in [-0.15, -0.1) is 10.2 Å². The summed E-state index contributed by atoms with van der Waals surface area (Å²) in [6, 6.07) is 8.17. The standard InChI is InChI=1S/C14H15N5O3/c20-8-12(14(22)18-19-9-15-16-10-19)17-13(21)7-6-11-4-2-1-3-5-11/h1-7,9-10,12,20H,8H2,(H,17,21)(H,18,22)/t12-/m0/s1. The van der Waals surface area contributed by atoms with Gasteiger partial charge in [0.2, 0.25) is 5.91 Å². The van der Waals surface area contributed by atoms with E-state index < -0.39 is 24.5 Å². The van der Waals surface area contributed by atoms with Crippen LogP contribution in [0.4, 0.5) is 0 Å². The molecule has 0 aliphatic heterocycles. The average Bonchev–Trinajstić information content (AvgIpc) is 3.04. The van der Waals surface area contributed by atoms with Gasteiger partial charge < -0.3 is 10.4 Å². The Morgan fingerprint density at radius 1 is 1.23 bits per heavy atom. The molecule has 0 unspecified atom stereocenters. The van der Waals surface area contributed by atoms with Gasteiger partial charge in [-0.05, 0) is 11.6 Å². The first kappa shape index (κ1) is 15.4. The maximum Gasteiger partial charge on any atom is 0.263 e. The Kier molecular flexibility index (Phi) is 5.38. The van der Waals surface area contributed by atoms with Crippen LogP contribution in [0.15, 0.2) is 49.1 Å². The zero-order valence-electron chi connectivity index (χ0n) is 11.6. The van der Waals surface area contributed by atoms with Gasteiger partial charge in [-0.3, -0.25) is 15.0 Å². The van der Waals surface area contributed by atoms with Crippen LogP contribution in [0.5, 0.6) is 0 Å². The second-order valence-electron chi connectivity index (χ2n) is 4.33. The van der Waals surface area contributed by atoms with Gasteiger partial charge in [0, 0.05) is 6.08 Å². The van der Waals surface area contributed by atoms with Gasteiger partial charge in [0.15, 0.2) is 0 Å². The number of aliphatic hydroxyl groups excluding tert-OH is 1. The molecule has 1 atom stereocenters. The fourth-order valence-electron chi connectivity index (χ4n) is 1.61. The van der Waals surface area contributed by atoms with Crippen LogP contribution in [0.25, 0.3) is 6.08 Å². The molecule has 0 aliphatic carbocycles. The summed E-state index contributed by atoms with van der Waals surface area (Å²) in [5, 5.41) is 18.7. The van der Waals surface area contributed by atoms with Crippen LogP contribution in [-0.2, 0) is 9.59 Å². The van der Waals surface area contributed by atoms with Gasteiger partial charge in [0.05, 0.1) is 6.61 Å². The molecule has 0 bridgehead atoms. The molecule has 22 heavy (non-hydrogen) atoms. The number of amides is 2. The van der Waals surface area contributed by atoms with Gasteiger partial charge in [0.25, 0.3) is 5.91 Å². The number of carbonyl (C=O) groups is 2. The van der Waals surface area contributed by atoms with Gasteiger partial charge in [-0.2, -0.15) is 0 Å². The van der Waals surface area contributed by atoms with E-state index in [0.717, 1.165) is 5.56 Å². The molecule has 0 saturated carbocycles. The van der Waals surface area contributed by atoms with Crippen molar-refractivity contribution < 1.29 is 14.7 Å². The number of aromatic nitrogens is 3. The first-order valence-corrected chi connectivity index (χ1v) is 6.49. The van der Waals surface area contributed by atoms with Crippen molar-refractivity contribution in [1.29, 1.82) is 0 Å². The van der Waals surface area contributed by atoms with Crippen molar-refractivity contribution in [3.05, 3.63) is 54.6 Å². The molecule has 1 aromatic heterocycles. The molecular formula is C14H15N5O3. The summed E-state index contributed by atoms with van der Waals surface area (Å²) >= 11 is 0. The van der Waals surface area contributed by atoms with E-state index in [4.69, 9.17) is 0 Å². The number of carbonyl (C=O) groups excluding carboxylic acids is 2. The van der Waals surface area contributed by atoms with Crippen molar-refractivity contribution in [1.82, 2.24) is 20.2 Å². The molecule has 2 rings (SSSR count). The summed E-state index contributed by atoms with van der Waals surface area (Å²) in [6.45, 7) is -0.529. The van der Waals surface area contributed by atoms with E-state index in [1.165, 1.54) is 23.4 Å². The Hall–Kier alpha value is -3.00. The molecule has 0 aliphatic rings. The smallest absolute Gasteiger partial charge is 0.263 e. The summed E-state index contributed by atoms with van der Waals surface area (Å²) in [5.41, 5.74) is 3.26. The summed E-state index contributed by atoms with van der Waals surface area (Å²) in [4.78, 5) is 23.6. The second-order valence-corrected chi connectivity index (χ2v) is 4.33. The quantitative estimate of drug-likeness (QED) is 0.625. The number of aliphatic hydroxyl groups is 1. The van der Waals surface area contributed by atoms with E-state index >= 15 is 0 Å². The molecule has 8 nitrogen and oxygen atoms in total. The lowest BCUT2D eigenvalue weighted by atomic mass is 10.2. The lowest BCUT2D eigenvalue weighted by Crippen LogP contribution is -2.47. The fraction of sp³-hybridized carbons (Fsp3) is 0.143. The zero-order valence-corrected chi connectivity index (χ0v) is 11.6. The minimum absolute atomic E-state index is 0.484. The average molecular weight is 301 g/mol. The Bertz CT molecular complexity index is 640. The number of hydrogen-bond donors (Lipinski definition) is 3. The lowest BCUT2D eigenvalue weighted by Gasteiger charge is -2.14. The first-order chi connectivity index (χ1) is 10.7. The highest BCUT2D eigenvalue weighted by atomic mass is 16.3. The number of benzene rings is 1. The number of nitrogens with zero attached hydrogens (tertiary/aromatic N) is 3. The van der Waals surface area contributed by atoms with Crippen molar-refractivity contribution in [2.75, 3.05) is 12.0 Å². The van der Waals surface area contributed by atoms with Crippen LogP contribution in [0.3, 0.4) is 0 Å². The summed E-state index contributed by atoms with van der Waals surface area (Å²) in [6.07, 6.45) is 5.47. The molecule has 1 heterocycles. The molecule has 0 saturated heterocycles. The monoisotopic (exact) mass is 301 g/mol. The number of hydrogen-bond acceptors (Lipinski definition) is 5. The van der Waals surface area contributed by atoms with E-state index in [-0.39, 0.29) is 0 Å². The lowest BCUT2D eigenvalue weighted by molar-refractivity contribution is -0.125. The number of nitrogens with one attached hydrogen (secondary N) is 2. The fourth-order valence-corrected chi connectivity index (χ4v) is 1.61. The Morgan fingerprint density at radius 3 is 2.55 bits per heavy atom. The van der Waals surface area contributed by atoms with E-state index in [0.29, 0.717) is 0 Å². The third-order valence-electron chi connectivity index (χ3n) is 2.70. The number of rotatable bonds is 6. The Labute approximate surface area is 126 Å². The molecular weight excluding hydrogens is 286 g/mol. The van der Waals surface area contributed by atoms with E-state index in [1.54, 1.807) is 6.08 Å². The first-order valence-electron chi connectivity index (χ1n) is 6.49. The van der Waals surface area contributed by atoms with Gasteiger partial charge in [-0.25, -0.2) is 4.68 Å². The Balaban J connectivity index is 1.90. The SMILES string of the molecule is O=C(C=Cc1ccccc1)N[C@@H](CO)C(=O)Nn1cnnc1. The summed E-state index contributed by atoms with van der Waals surface area (Å²) < 4.78 is 1.22. The molecule has 0 fully saturated rings. The minimum Gasteiger partial charge on any atom is -0.394 e. The highest BCUT2D eigenvalue weighted by molar-refractivity contribution is 5.97. The molecule has 3 N–H and O–H groups in total. The van der Waals surface area contributed by atoms with Gasteiger partial charge >= 0.3 is 0 Å². The molecule has 8 heteroatoms. The van der Waals surface area contributed by atoms with Crippen LogP contribution < -0.4 is 10.7 Å². The topological polar surface area (TPSA) is 109 Å². The van der Waals surface area contributed by atoms with Gasteiger partial charge in [-0.1, -0.05) is 30.3 Å². The largest absolute Gasteiger partial charge is 0.394 e. The maximum absolute atomic E-state index is 11.9. The minimum atomic E-state index is -1.07. The van der Waals surface area contributed by atoms with Crippen LogP contribution in [0.2, 0.25) is 0 Å². The van der Waals surface area contributed by atoms with E-state index in [2.05, 4.69) is 20.9 Å². The molecule has 0 spiro atoms. The third kappa shape index (κ3) is 4.53. The molecule has 114 valence electrons. The maximum atomic E-state index is 11.9. The summed E-state index contributed by atoms with van der Waals surface area (Å²) in [7, 11) is 0. The van der Waals surface area contributed by atoms with Gasteiger partial charge in [0.1, 0.15) is 18.7 Å². The summed E-state index contributed by atoms with van der Waals surface area (Å²) in [5.74, 6) is -1.06. The normalized spacial score (nSPS) is 12.0. The predicted molar refractivity (Wildman–Crippen MR) is 78.9 cm³/mol. The highest BCUT2D eigenvalue weighted by Crippen LogP contribution is 2.00. The molecule has 1 aromatic carbocycles. The second kappa shape index (κ2) is 7.70. The third-order valence-corrected chi connectivity index (χ3v) is 2.70. The molecule has 2 amide bonds. The van der Waals surface area contributed by atoms with Crippen molar-refractivity contribution in [2.45, 2.75) is 6.04 Å². The van der Waals surface area contributed by atoms with Crippen LogP contribution in [0.1, 0.15) is 5.56 Å². The predicted octanol–water partition coefficient (Wildman–Crippen LogP) is -0.461. The van der Waals surface area contributed by atoms with Crippen molar-refractivity contribution in [3.8, 4) is 0 Å². The highest BCUT2D eigenvalue weighted by Gasteiger charge is 2.19. The van der Waals surface area contributed by atoms with E-state index in [1.807, 2.05) is 30.3 Å². The van der Waals surface area contributed by atoms with Crippen molar-refractivity contribution >= 4 is 17.9 Å². The van der Waals surface area contributed by atoms with Crippen LogP contribution in [0, 0.1) is 0 Å². The van der Waals surface area contributed by atoms with Crippen molar-refractivity contribution in [2.24, 2.45) is 0 Å². The van der Waals surface area contributed by atoms with Crippen LogP contribution in [-0.4, -0.2) is 44.4 Å². The van der Waals surface area contributed by atoms with Crippen molar-refractivity contribution in [3.63, 3.8) is 0 Å². The van der Waals surface area contributed by atoms with E-state index in [9.17, 15) is 14.7 Å².